The Labute approximate surface area is 142 Å². The third kappa shape index (κ3) is 3.94. The van der Waals surface area contributed by atoms with E-state index in [0.29, 0.717) is 31.5 Å². The molecule has 0 N–H and O–H groups in total. The third-order valence-corrected chi connectivity index (χ3v) is 4.24. The molecule has 1 aliphatic rings. The van der Waals surface area contributed by atoms with Crippen LogP contribution in [-0.4, -0.2) is 55.5 Å². The zero-order chi connectivity index (χ0) is 17.0. The summed E-state index contributed by atoms with van der Waals surface area (Å²) in [4.78, 5) is 6.67. The van der Waals surface area contributed by atoms with Crippen molar-refractivity contribution in [1.82, 2.24) is 15.0 Å². The highest BCUT2D eigenvalue weighted by atomic mass is 16.5. The summed E-state index contributed by atoms with van der Waals surface area (Å²) in [5.41, 5.74) is 0.869. The standard InChI is InChI=1S/C18H25N3O3/c1-4-22-13-18(9-10-18)17-19-16(20-24-17)14-5-7-15(8-6-14)23-12-11-21(2)3/h5-8H,4,9-13H2,1-3H3. The van der Waals surface area contributed by atoms with Crippen molar-refractivity contribution < 1.29 is 14.0 Å². The van der Waals surface area contributed by atoms with Crippen molar-refractivity contribution in [3.05, 3.63) is 30.2 Å². The number of ether oxygens (including phenoxy) is 2. The lowest BCUT2D eigenvalue weighted by atomic mass is 10.1. The monoisotopic (exact) mass is 331 g/mol. The second-order valence-electron chi connectivity index (χ2n) is 6.52. The molecule has 1 aliphatic carbocycles. The van der Waals surface area contributed by atoms with Crippen LogP contribution in [-0.2, 0) is 10.2 Å². The highest BCUT2D eigenvalue weighted by Gasteiger charge is 2.49. The van der Waals surface area contributed by atoms with Gasteiger partial charge in [0.2, 0.25) is 11.7 Å². The number of nitrogens with zero attached hydrogens (tertiary/aromatic N) is 3. The smallest absolute Gasteiger partial charge is 0.235 e. The van der Waals surface area contributed by atoms with Gasteiger partial charge in [-0.15, -0.1) is 0 Å². The molecule has 3 rings (SSSR count). The quantitative estimate of drug-likeness (QED) is 0.704. The molecule has 2 aromatic rings. The minimum absolute atomic E-state index is 0.0590. The lowest BCUT2D eigenvalue weighted by Gasteiger charge is -2.11. The lowest BCUT2D eigenvalue weighted by Crippen LogP contribution is -2.19. The van der Waals surface area contributed by atoms with Crippen LogP contribution in [0.15, 0.2) is 28.8 Å². The van der Waals surface area contributed by atoms with Crippen molar-refractivity contribution in [3.63, 3.8) is 0 Å². The number of hydrogen-bond acceptors (Lipinski definition) is 6. The fraction of sp³-hybridized carbons (Fsp3) is 0.556. The van der Waals surface area contributed by atoms with E-state index in [0.717, 1.165) is 30.7 Å². The maximum atomic E-state index is 5.70. The highest BCUT2D eigenvalue weighted by Crippen LogP contribution is 2.47. The molecule has 1 aromatic carbocycles. The van der Waals surface area contributed by atoms with Crippen molar-refractivity contribution >= 4 is 0 Å². The third-order valence-electron chi connectivity index (χ3n) is 4.24. The zero-order valence-corrected chi connectivity index (χ0v) is 14.6. The Morgan fingerprint density at radius 2 is 1.96 bits per heavy atom. The molecular formula is C18H25N3O3. The first kappa shape index (κ1) is 16.9. The van der Waals surface area contributed by atoms with Gasteiger partial charge < -0.3 is 18.9 Å². The molecule has 0 spiro atoms. The first-order chi connectivity index (χ1) is 11.6. The maximum Gasteiger partial charge on any atom is 0.235 e. The maximum absolute atomic E-state index is 5.70. The van der Waals surface area contributed by atoms with Crippen molar-refractivity contribution in [2.24, 2.45) is 0 Å². The van der Waals surface area contributed by atoms with Gasteiger partial charge in [-0.3, -0.25) is 0 Å². The van der Waals surface area contributed by atoms with Gasteiger partial charge in [-0.25, -0.2) is 0 Å². The Hall–Kier alpha value is -1.92. The van der Waals surface area contributed by atoms with Crippen molar-refractivity contribution in [2.75, 3.05) is 40.5 Å². The average molecular weight is 331 g/mol. The Morgan fingerprint density at radius 3 is 2.58 bits per heavy atom. The molecule has 6 heteroatoms. The van der Waals surface area contributed by atoms with Gasteiger partial charge in [-0.1, -0.05) is 5.16 Å². The first-order valence-electron chi connectivity index (χ1n) is 8.43. The summed E-state index contributed by atoms with van der Waals surface area (Å²) in [7, 11) is 4.05. The van der Waals surface area contributed by atoms with E-state index >= 15 is 0 Å². The summed E-state index contributed by atoms with van der Waals surface area (Å²) < 4.78 is 16.7. The molecule has 0 aliphatic heterocycles. The van der Waals surface area contributed by atoms with Crippen LogP contribution < -0.4 is 4.74 Å². The molecular weight excluding hydrogens is 306 g/mol. The molecule has 24 heavy (non-hydrogen) atoms. The van der Waals surface area contributed by atoms with Gasteiger partial charge in [-0.2, -0.15) is 4.98 Å². The minimum atomic E-state index is -0.0590. The predicted molar refractivity (Wildman–Crippen MR) is 91.2 cm³/mol. The van der Waals surface area contributed by atoms with E-state index in [1.165, 1.54) is 0 Å². The number of benzene rings is 1. The van der Waals surface area contributed by atoms with Crippen LogP contribution in [0.5, 0.6) is 5.75 Å². The fourth-order valence-corrected chi connectivity index (χ4v) is 2.47. The SMILES string of the molecule is CCOCC1(c2nc(-c3ccc(OCCN(C)C)cc3)no2)CC1. The predicted octanol–water partition coefficient (Wildman–Crippen LogP) is 2.75. The Balaban J connectivity index is 1.63. The fourth-order valence-electron chi connectivity index (χ4n) is 2.47. The van der Waals surface area contributed by atoms with Gasteiger partial charge in [0, 0.05) is 18.7 Å². The summed E-state index contributed by atoms with van der Waals surface area (Å²) in [5, 5.41) is 4.13. The summed E-state index contributed by atoms with van der Waals surface area (Å²) in [6.07, 6.45) is 2.10. The van der Waals surface area contributed by atoms with Gasteiger partial charge in [0.05, 0.1) is 12.0 Å². The summed E-state index contributed by atoms with van der Waals surface area (Å²) in [6, 6.07) is 7.80. The van der Waals surface area contributed by atoms with E-state index in [-0.39, 0.29) is 5.41 Å². The van der Waals surface area contributed by atoms with Crippen LogP contribution >= 0.6 is 0 Å². The van der Waals surface area contributed by atoms with E-state index in [2.05, 4.69) is 15.0 Å². The Kier molecular flexibility index (Phi) is 5.16. The van der Waals surface area contributed by atoms with E-state index in [9.17, 15) is 0 Å². The van der Waals surface area contributed by atoms with E-state index in [1.807, 2.05) is 45.3 Å². The normalized spacial score (nSPS) is 15.7. The second-order valence-corrected chi connectivity index (χ2v) is 6.52. The molecule has 1 aromatic heterocycles. The molecule has 1 saturated carbocycles. The molecule has 0 unspecified atom stereocenters. The Morgan fingerprint density at radius 1 is 1.21 bits per heavy atom. The number of hydrogen-bond donors (Lipinski definition) is 0. The highest BCUT2D eigenvalue weighted by molar-refractivity contribution is 5.55. The van der Waals surface area contributed by atoms with Crippen LogP contribution in [0, 0.1) is 0 Å². The topological polar surface area (TPSA) is 60.6 Å². The summed E-state index contributed by atoms with van der Waals surface area (Å²) in [5.74, 6) is 2.16. The van der Waals surface area contributed by atoms with Gasteiger partial charge >= 0.3 is 0 Å². The number of rotatable bonds is 9. The Bertz CT molecular complexity index is 648. The van der Waals surface area contributed by atoms with Crippen LogP contribution in [0.2, 0.25) is 0 Å². The number of likely N-dealkylation sites (N-methyl/N-ethyl adjacent to an activating group) is 1. The van der Waals surface area contributed by atoms with E-state index in [4.69, 9.17) is 14.0 Å². The summed E-state index contributed by atoms with van der Waals surface area (Å²) in [6.45, 7) is 4.91. The van der Waals surface area contributed by atoms with E-state index < -0.39 is 0 Å². The minimum Gasteiger partial charge on any atom is -0.492 e. The molecule has 0 atom stereocenters. The van der Waals surface area contributed by atoms with Crippen molar-refractivity contribution in [2.45, 2.75) is 25.2 Å². The van der Waals surface area contributed by atoms with Crippen molar-refractivity contribution in [1.29, 1.82) is 0 Å². The molecule has 1 fully saturated rings. The molecule has 1 heterocycles. The average Bonchev–Trinajstić information content (AvgIpc) is 3.20. The van der Waals surface area contributed by atoms with Crippen LogP contribution in [0.25, 0.3) is 11.4 Å². The van der Waals surface area contributed by atoms with Crippen molar-refractivity contribution in [3.8, 4) is 17.1 Å². The number of aromatic nitrogens is 2. The zero-order valence-electron chi connectivity index (χ0n) is 14.6. The van der Waals surface area contributed by atoms with Gasteiger partial charge in [0.25, 0.3) is 0 Å². The van der Waals surface area contributed by atoms with Crippen LogP contribution in [0.3, 0.4) is 0 Å². The van der Waals surface area contributed by atoms with E-state index in [1.54, 1.807) is 0 Å². The molecule has 0 bridgehead atoms. The van der Waals surface area contributed by atoms with Crippen LogP contribution in [0.1, 0.15) is 25.7 Å². The molecule has 130 valence electrons. The molecule has 6 nitrogen and oxygen atoms in total. The largest absolute Gasteiger partial charge is 0.492 e. The first-order valence-corrected chi connectivity index (χ1v) is 8.43. The van der Waals surface area contributed by atoms with Gasteiger partial charge in [0.15, 0.2) is 0 Å². The van der Waals surface area contributed by atoms with Crippen LogP contribution in [0.4, 0.5) is 0 Å². The second kappa shape index (κ2) is 7.32. The van der Waals surface area contributed by atoms with Gasteiger partial charge in [0.1, 0.15) is 12.4 Å². The molecule has 0 amide bonds. The van der Waals surface area contributed by atoms with Gasteiger partial charge in [-0.05, 0) is 58.1 Å². The summed E-state index contributed by atoms with van der Waals surface area (Å²) >= 11 is 0. The molecule has 0 saturated heterocycles. The lowest BCUT2D eigenvalue weighted by molar-refractivity contribution is 0.114. The molecule has 0 radical (unpaired) electrons.